The maximum atomic E-state index is 7.49. The average Bonchev–Trinajstić information content (AvgIpc) is 1.50. The maximum absolute atomic E-state index is 7.49. The Morgan fingerprint density at radius 1 is 0.240 bits per heavy atom. The molecule has 0 fully saturated rings. The van der Waals surface area contributed by atoms with Gasteiger partial charge in [-0.05, 0) is 198 Å². The van der Waals surface area contributed by atoms with Crippen molar-refractivity contribution in [2.75, 3.05) is 9.80 Å². The number of fused-ring (bicyclic) bond motifs is 19. The van der Waals surface area contributed by atoms with Gasteiger partial charge >= 0.3 is 0 Å². The number of para-hydroxylation sites is 2. The minimum Gasteiger partial charge on any atom is -0.455 e. The van der Waals surface area contributed by atoms with Crippen LogP contribution < -0.4 is 30.5 Å². The second-order valence-corrected chi connectivity index (χ2v) is 37.9. The predicted octanol–water partition coefficient (Wildman–Crippen LogP) is 25.3. The van der Waals surface area contributed by atoms with E-state index in [-0.39, 0.29) is 0 Å². The fraction of sp³-hybridized carbons (Fsp3) is 0.0408. The third-order valence-electron chi connectivity index (χ3n) is 23.0. The molecule has 0 aliphatic carbocycles. The van der Waals surface area contributed by atoms with Crippen LogP contribution in [0.3, 0.4) is 0 Å². The SMILES string of the molecule is C[Si]1(C)c2cc(N(c3ccc(-c4cccc5ccccc45)cc3)c3ccc(-c4cccc5ccccc45)cc3)c3c(oc4ccccc43)c2-c2ccc3c(c21)[Si](C)(C)c1cc(N(c2ccc(-c4cccc5ccccc45)cc2)c2ccc(-c4cccc5ccccc45)cc2)c2oc4ccccc4c2c1-3. The van der Waals surface area contributed by atoms with E-state index in [9.17, 15) is 0 Å². The lowest BCUT2D eigenvalue weighted by atomic mass is 9.94. The zero-order chi connectivity index (χ0) is 69.1. The van der Waals surface area contributed by atoms with Crippen molar-refractivity contribution in [3.8, 4) is 66.8 Å². The van der Waals surface area contributed by atoms with Crippen molar-refractivity contribution in [2.45, 2.75) is 26.2 Å². The molecule has 6 heteroatoms. The van der Waals surface area contributed by atoms with E-state index in [0.717, 1.165) is 72.6 Å². The number of hydrogen-bond acceptors (Lipinski definition) is 4. The first-order valence-electron chi connectivity index (χ1n) is 36.2. The van der Waals surface area contributed by atoms with Crippen LogP contribution in [0.2, 0.25) is 26.2 Å². The number of nitrogens with zero attached hydrogens (tertiary/aromatic N) is 2. The van der Waals surface area contributed by atoms with Crippen LogP contribution in [0.25, 0.3) is 154 Å². The monoisotopic (exact) mass is 1360 g/mol. The molecule has 0 N–H and O–H groups in total. The Morgan fingerprint density at radius 3 is 0.933 bits per heavy atom. The Bertz CT molecular complexity index is 6520. The van der Waals surface area contributed by atoms with Crippen molar-refractivity contribution in [1.82, 2.24) is 0 Å². The summed E-state index contributed by atoms with van der Waals surface area (Å²) in [7, 11) is -5.40. The lowest BCUT2D eigenvalue weighted by Gasteiger charge is -2.30. The van der Waals surface area contributed by atoms with Crippen LogP contribution >= 0.6 is 0 Å². The third-order valence-corrected chi connectivity index (χ3v) is 30.3. The van der Waals surface area contributed by atoms with Gasteiger partial charge in [-0.1, -0.05) is 293 Å². The van der Waals surface area contributed by atoms with Crippen molar-refractivity contribution in [3.05, 3.63) is 340 Å². The molecule has 21 rings (SSSR count). The molecule has 0 saturated carbocycles. The lowest BCUT2D eigenvalue weighted by Crippen LogP contribution is -2.63. The summed E-state index contributed by atoms with van der Waals surface area (Å²) < 4.78 is 14.9. The minimum absolute atomic E-state index is 0.877. The highest BCUT2D eigenvalue weighted by atomic mass is 28.3. The quantitative estimate of drug-likeness (QED) is 0.128. The van der Waals surface area contributed by atoms with Gasteiger partial charge in [0.2, 0.25) is 0 Å². The van der Waals surface area contributed by atoms with Gasteiger partial charge in [0.25, 0.3) is 0 Å². The van der Waals surface area contributed by atoms with E-state index < -0.39 is 16.1 Å². The topological polar surface area (TPSA) is 32.8 Å². The molecule has 0 atom stereocenters. The van der Waals surface area contributed by atoms with Crippen molar-refractivity contribution in [2.24, 2.45) is 0 Å². The van der Waals surface area contributed by atoms with Gasteiger partial charge in [-0.15, -0.1) is 0 Å². The number of benzene rings is 17. The first-order valence-corrected chi connectivity index (χ1v) is 42.2. The van der Waals surface area contributed by atoms with Crippen LogP contribution in [-0.2, 0) is 0 Å². The molecule has 2 aliphatic heterocycles. The fourth-order valence-electron chi connectivity index (χ4n) is 18.1. The van der Waals surface area contributed by atoms with Gasteiger partial charge in [0.1, 0.15) is 32.9 Å². The van der Waals surface area contributed by atoms with Crippen LogP contribution in [0, 0.1) is 0 Å². The molecule has 104 heavy (non-hydrogen) atoms. The second kappa shape index (κ2) is 23.0. The van der Waals surface area contributed by atoms with Crippen molar-refractivity contribution in [3.63, 3.8) is 0 Å². The molecule has 17 aromatic carbocycles. The molecule has 4 nitrogen and oxygen atoms in total. The number of hydrogen-bond donors (Lipinski definition) is 0. The fourth-order valence-corrected chi connectivity index (χ4v) is 26.6. The summed E-state index contributed by atoms with van der Waals surface area (Å²) in [6, 6.07) is 126. The van der Waals surface area contributed by atoms with Crippen LogP contribution in [0.5, 0.6) is 0 Å². The van der Waals surface area contributed by atoms with Gasteiger partial charge in [-0.3, -0.25) is 0 Å². The van der Waals surface area contributed by atoms with Crippen LogP contribution in [0.1, 0.15) is 0 Å². The summed E-state index contributed by atoms with van der Waals surface area (Å²) in [5.41, 5.74) is 24.7. The van der Waals surface area contributed by atoms with E-state index in [2.05, 4.69) is 376 Å². The number of furan rings is 2. The molecule has 0 radical (unpaired) electrons. The Balaban J connectivity index is 0.756. The number of rotatable bonds is 10. The van der Waals surface area contributed by atoms with Crippen LogP contribution in [0.4, 0.5) is 34.1 Å². The van der Waals surface area contributed by atoms with E-state index in [1.165, 1.54) is 136 Å². The van der Waals surface area contributed by atoms with E-state index in [4.69, 9.17) is 8.83 Å². The summed E-state index contributed by atoms with van der Waals surface area (Å²) in [4.78, 5) is 4.98. The normalized spacial score (nSPS) is 13.3. The molecule has 2 aliphatic rings. The highest BCUT2D eigenvalue weighted by molar-refractivity contribution is 7.13. The summed E-state index contributed by atoms with van der Waals surface area (Å²) in [6.45, 7) is 10.5. The molecule has 490 valence electrons. The highest BCUT2D eigenvalue weighted by Crippen LogP contribution is 2.52. The van der Waals surface area contributed by atoms with E-state index in [1.54, 1.807) is 0 Å². The summed E-state index contributed by atoms with van der Waals surface area (Å²) in [5.74, 6) is 0. The van der Waals surface area contributed by atoms with Gasteiger partial charge in [0, 0.05) is 44.5 Å². The predicted molar refractivity (Wildman–Crippen MR) is 447 cm³/mol. The highest BCUT2D eigenvalue weighted by Gasteiger charge is 2.50. The molecule has 4 heterocycles. The molecule has 2 aromatic heterocycles. The van der Waals surface area contributed by atoms with Gasteiger partial charge in [0.15, 0.2) is 5.58 Å². The van der Waals surface area contributed by atoms with Gasteiger partial charge < -0.3 is 18.6 Å². The van der Waals surface area contributed by atoms with Gasteiger partial charge in [-0.25, -0.2) is 0 Å². The first kappa shape index (κ1) is 60.2. The van der Waals surface area contributed by atoms with Gasteiger partial charge in [0.05, 0.1) is 16.8 Å². The smallest absolute Gasteiger partial charge is 0.160 e. The largest absolute Gasteiger partial charge is 0.455 e. The van der Waals surface area contributed by atoms with Crippen molar-refractivity contribution < 1.29 is 8.83 Å². The molecular formula is C98H68N2O2Si2. The van der Waals surface area contributed by atoms with Crippen molar-refractivity contribution >= 4 is 158 Å². The second-order valence-electron chi connectivity index (χ2n) is 29.4. The molecule has 0 amide bonds. The van der Waals surface area contributed by atoms with E-state index in [0.29, 0.717) is 0 Å². The van der Waals surface area contributed by atoms with E-state index in [1.807, 2.05) is 0 Å². The summed E-state index contributed by atoms with van der Waals surface area (Å²) in [5, 5.41) is 20.2. The zero-order valence-electron chi connectivity index (χ0n) is 58.0. The van der Waals surface area contributed by atoms with Crippen molar-refractivity contribution in [1.29, 1.82) is 0 Å². The standard InChI is InChI=1S/C98H68N2O2Si2/c1-103(2)89-60-86(100(71-53-45-67(46-54-71)79-37-19-27-63-23-7-11-31-75(63)79)72-55-47-68(48-56-72)80-38-20-28-64-24-8-12-32-76(64)80)95-94(82-34-14-16-40-88(82)101-95)92(89)83-57-58-84-93-90(104(3,4)98(84)97(83)103)59-85(91-81-33-13-15-39-87(81)102-96(91)93)99(69-49-41-65(42-50-69)77-35-17-25-61-21-5-9-29-73(61)77)70-51-43-66(44-52-70)78-36-18-26-62-22-6-10-30-74(62)78/h5-60H,1-4H3. The molecule has 0 spiro atoms. The Kier molecular flexibility index (Phi) is 13.3. The zero-order valence-corrected chi connectivity index (χ0v) is 60.0. The number of anilines is 6. The molecule has 0 saturated heterocycles. The Hall–Kier alpha value is -12.6. The summed E-state index contributed by atoms with van der Waals surface area (Å²) >= 11 is 0. The molecule has 19 aromatic rings. The molecule has 0 bridgehead atoms. The van der Waals surface area contributed by atoms with E-state index >= 15 is 0 Å². The average molecular weight is 1360 g/mol. The first-order chi connectivity index (χ1) is 51.1. The van der Waals surface area contributed by atoms with Crippen LogP contribution in [0.15, 0.2) is 349 Å². The van der Waals surface area contributed by atoms with Gasteiger partial charge in [-0.2, -0.15) is 0 Å². The summed E-state index contributed by atoms with van der Waals surface area (Å²) in [6.07, 6.45) is 0. The Morgan fingerprint density at radius 2 is 0.538 bits per heavy atom. The Labute approximate surface area is 605 Å². The third kappa shape index (κ3) is 9.02. The maximum Gasteiger partial charge on any atom is 0.160 e. The molecule has 0 unspecified atom stereocenters. The van der Waals surface area contributed by atoms with Crippen LogP contribution in [-0.4, -0.2) is 16.1 Å². The minimum atomic E-state index is -2.70. The lowest BCUT2D eigenvalue weighted by molar-refractivity contribution is 0.669. The molecular weight excluding hydrogens is 1290 g/mol.